The van der Waals surface area contributed by atoms with Crippen molar-refractivity contribution >= 4 is 0 Å². The van der Waals surface area contributed by atoms with E-state index in [2.05, 4.69) is 10.1 Å². The summed E-state index contributed by atoms with van der Waals surface area (Å²) in [4.78, 5) is 4.40. The van der Waals surface area contributed by atoms with Gasteiger partial charge >= 0.3 is 0 Å². The van der Waals surface area contributed by atoms with E-state index in [-0.39, 0.29) is 18.1 Å². The number of hydrogen-bond acceptors (Lipinski definition) is 5. The van der Waals surface area contributed by atoms with Crippen LogP contribution in [0.2, 0.25) is 0 Å². The van der Waals surface area contributed by atoms with Gasteiger partial charge in [0.05, 0.1) is 6.04 Å². The van der Waals surface area contributed by atoms with Crippen LogP contribution in [0, 0.1) is 5.92 Å². The van der Waals surface area contributed by atoms with Crippen LogP contribution in [0.5, 0.6) is 0 Å². The van der Waals surface area contributed by atoms with Crippen molar-refractivity contribution in [1.82, 2.24) is 10.1 Å². The summed E-state index contributed by atoms with van der Waals surface area (Å²) in [6, 6.07) is 9.60. The normalized spacial score (nSPS) is 14.4. The van der Waals surface area contributed by atoms with Crippen LogP contribution in [-0.4, -0.2) is 16.7 Å². The van der Waals surface area contributed by atoms with Crippen molar-refractivity contribution in [2.75, 3.05) is 6.61 Å². The van der Waals surface area contributed by atoms with Gasteiger partial charge in [-0.1, -0.05) is 49.3 Å². The molecule has 0 fully saturated rings. The average molecular weight is 275 g/mol. The fourth-order valence-electron chi connectivity index (χ4n) is 1.89. The fourth-order valence-corrected chi connectivity index (χ4v) is 1.89. The number of aromatic nitrogens is 2. The van der Waals surface area contributed by atoms with Gasteiger partial charge in [0.25, 0.3) is 0 Å². The van der Waals surface area contributed by atoms with Crippen LogP contribution in [-0.2, 0) is 4.74 Å². The Morgan fingerprint density at radius 3 is 2.55 bits per heavy atom. The van der Waals surface area contributed by atoms with Gasteiger partial charge in [-0.15, -0.1) is 0 Å². The Hall–Kier alpha value is -1.72. The van der Waals surface area contributed by atoms with E-state index in [1.165, 1.54) is 0 Å². The minimum atomic E-state index is -0.321. The third-order valence-electron chi connectivity index (χ3n) is 3.13. The minimum absolute atomic E-state index is 0.241. The zero-order valence-corrected chi connectivity index (χ0v) is 12.1. The molecule has 5 heteroatoms. The first-order valence-corrected chi connectivity index (χ1v) is 6.89. The van der Waals surface area contributed by atoms with Gasteiger partial charge < -0.3 is 15.0 Å². The minimum Gasteiger partial charge on any atom is -0.366 e. The highest BCUT2D eigenvalue weighted by Crippen LogP contribution is 2.25. The quantitative estimate of drug-likeness (QED) is 0.877. The molecule has 1 heterocycles. The van der Waals surface area contributed by atoms with Gasteiger partial charge in [0, 0.05) is 6.61 Å². The molecule has 1 unspecified atom stereocenters. The molecule has 0 saturated heterocycles. The topological polar surface area (TPSA) is 74.2 Å². The lowest BCUT2D eigenvalue weighted by Gasteiger charge is -2.13. The second-order valence-electron chi connectivity index (χ2n) is 5.01. The molecular weight excluding hydrogens is 254 g/mol. The Balaban J connectivity index is 2.27. The van der Waals surface area contributed by atoms with Crippen molar-refractivity contribution in [1.29, 1.82) is 0 Å². The zero-order chi connectivity index (χ0) is 14.5. The van der Waals surface area contributed by atoms with Gasteiger partial charge in [0.1, 0.15) is 6.10 Å². The summed E-state index contributed by atoms with van der Waals surface area (Å²) in [5.74, 6) is 1.21. The van der Waals surface area contributed by atoms with Crippen LogP contribution in [0.4, 0.5) is 0 Å². The molecule has 2 aromatic rings. The van der Waals surface area contributed by atoms with E-state index in [0.717, 1.165) is 5.56 Å². The number of nitrogens with two attached hydrogens (primary N) is 1. The van der Waals surface area contributed by atoms with Gasteiger partial charge in [0.2, 0.25) is 11.7 Å². The van der Waals surface area contributed by atoms with E-state index in [9.17, 15) is 0 Å². The predicted octanol–water partition coefficient (Wildman–Crippen LogP) is 2.85. The van der Waals surface area contributed by atoms with Crippen LogP contribution < -0.4 is 5.73 Å². The van der Waals surface area contributed by atoms with Crippen LogP contribution in [0.25, 0.3) is 0 Å². The zero-order valence-electron chi connectivity index (χ0n) is 12.1. The lowest BCUT2D eigenvalue weighted by atomic mass is 10.1. The molecule has 1 aromatic carbocycles. The van der Waals surface area contributed by atoms with Crippen molar-refractivity contribution in [2.45, 2.75) is 32.9 Å². The van der Waals surface area contributed by atoms with Gasteiger partial charge in [-0.05, 0) is 18.4 Å². The molecule has 2 N–H and O–H groups in total. The molecule has 2 atom stereocenters. The van der Waals surface area contributed by atoms with Crippen molar-refractivity contribution in [3.05, 3.63) is 47.6 Å². The summed E-state index contributed by atoms with van der Waals surface area (Å²) < 4.78 is 11.0. The molecule has 0 aliphatic heterocycles. The standard InChI is InChI=1S/C15H21N3O2/c1-4-19-13(11-8-6-5-7-9-11)14-17-15(20-18-14)12(16)10(2)3/h5-10,12-13H,4,16H2,1-3H3/t12-,13?/m0/s1. The second-order valence-corrected chi connectivity index (χ2v) is 5.01. The van der Waals surface area contributed by atoms with Crippen molar-refractivity contribution in [3.63, 3.8) is 0 Å². The molecule has 0 aliphatic carbocycles. The van der Waals surface area contributed by atoms with E-state index >= 15 is 0 Å². The van der Waals surface area contributed by atoms with E-state index in [4.69, 9.17) is 15.0 Å². The highest BCUT2D eigenvalue weighted by molar-refractivity contribution is 5.22. The third kappa shape index (κ3) is 3.23. The van der Waals surface area contributed by atoms with E-state index < -0.39 is 0 Å². The molecule has 0 spiro atoms. The molecule has 0 amide bonds. The lowest BCUT2D eigenvalue weighted by molar-refractivity contribution is 0.0833. The number of rotatable bonds is 6. The molecule has 5 nitrogen and oxygen atoms in total. The van der Waals surface area contributed by atoms with Gasteiger partial charge in [0.15, 0.2) is 0 Å². The molecular formula is C15H21N3O2. The molecule has 0 aliphatic rings. The highest BCUT2D eigenvalue weighted by Gasteiger charge is 2.24. The van der Waals surface area contributed by atoms with Gasteiger partial charge in [-0.25, -0.2) is 0 Å². The summed E-state index contributed by atoms with van der Waals surface area (Å²) in [7, 11) is 0. The second kappa shape index (κ2) is 6.63. The largest absolute Gasteiger partial charge is 0.366 e. The van der Waals surface area contributed by atoms with E-state index in [1.807, 2.05) is 51.1 Å². The number of benzene rings is 1. The van der Waals surface area contributed by atoms with Crippen molar-refractivity contribution in [3.8, 4) is 0 Å². The Labute approximate surface area is 119 Å². The summed E-state index contributed by atoms with van der Waals surface area (Å²) in [5.41, 5.74) is 7.03. The molecule has 0 saturated carbocycles. The maximum absolute atomic E-state index is 6.03. The Kier molecular flexibility index (Phi) is 4.87. The Morgan fingerprint density at radius 1 is 1.25 bits per heavy atom. The molecule has 0 radical (unpaired) electrons. The number of nitrogens with zero attached hydrogens (tertiary/aromatic N) is 2. The SMILES string of the molecule is CCOC(c1ccccc1)c1noc([C@@H](N)C(C)C)n1. The van der Waals surface area contributed by atoms with Crippen LogP contribution in [0.15, 0.2) is 34.9 Å². The summed E-state index contributed by atoms with van der Waals surface area (Å²) in [6.45, 7) is 6.55. The van der Waals surface area contributed by atoms with Crippen molar-refractivity contribution in [2.24, 2.45) is 11.7 Å². The summed E-state index contributed by atoms with van der Waals surface area (Å²) in [5, 5.41) is 4.02. The molecule has 2 rings (SSSR count). The number of hydrogen-bond donors (Lipinski definition) is 1. The van der Waals surface area contributed by atoms with Crippen LogP contribution >= 0.6 is 0 Å². The van der Waals surface area contributed by atoms with Crippen LogP contribution in [0.1, 0.15) is 50.2 Å². The maximum atomic E-state index is 6.03. The third-order valence-corrected chi connectivity index (χ3v) is 3.13. The first kappa shape index (κ1) is 14.7. The predicted molar refractivity (Wildman–Crippen MR) is 76.0 cm³/mol. The highest BCUT2D eigenvalue weighted by atomic mass is 16.5. The molecule has 108 valence electrons. The smallest absolute Gasteiger partial charge is 0.243 e. The Morgan fingerprint density at radius 2 is 1.95 bits per heavy atom. The lowest BCUT2D eigenvalue weighted by Crippen LogP contribution is -2.17. The van der Waals surface area contributed by atoms with E-state index in [1.54, 1.807) is 0 Å². The fraction of sp³-hybridized carbons (Fsp3) is 0.467. The maximum Gasteiger partial charge on any atom is 0.243 e. The molecule has 20 heavy (non-hydrogen) atoms. The summed E-state index contributed by atoms with van der Waals surface area (Å²) >= 11 is 0. The van der Waals surface area contributed by atoms with Gasteiger partial charge in [-0.2, -0.15) is 4.98 Å². The van der Waals surface area contributed by atoms with E-state index in [0.29, 0.717) is 18.3 Å². The van der Waals surface area contributed by atoms with Gasteiger partial charge in [-0.3, -0.25) is 0 Å². The first-order valence-electron chi connectivity index (χ1n) is 6.89. The Bertz CT molecular complexity index is 525. The van der Waals surface area contributed by atoms with Crippen LogP contribution in [0.3, 0.4) is 0 Å². The first-order chi connectivity index (χ1) is 9.63. The molecule has 1 aromatic heterocycles. The number of ether oxygens (including phenoxy) is 1. The van der Waals surface area contributed by atoms with Crippen molar-refractivity contribution < 1.29 is 9.26 Å². The monoisotopic (exact) mass is 275 g/mol. The summed E-state index contributed by atoms with van der Waals surface area (Å²) in [6.07, 6.45) is -0.321. The molecule has 0 bridgehead atoms. The average Bonchev–Trinajstić information content (AvgIpc) is 2.94.